The van der Waals surface area contributed by atoms with Crippen LogP contribution in [0.3, 0.4) is 0 Å². The molecule has 0 aliphatic carbocycles. The van der Waals surface area contributed by atoms with E-state index in [0.29, 0.717) is 11.8 Å². The third kappa shape index (κ3) is 1.86. The molecule has 0 radical (unpaired) electrons. The van der Waals surface area contributed by atoms with Gasteiger partial charge in [-0.15, -0.1) is 0 Å². The lowest BCUT2D eigenvalue weighted by atomic mass is 10.1. The quantitative estimate of drug-likeness (QED) is 0.629. The molecule has 1 N–H and O–H groups in total. The highest BCUT2D eigenvalue weighted by Crippen LogP contribution is 2.15. The van der Waals surface area contributed by atoms with Gasteiger partial charge in [0.2, 0.25) is 5.78 Å². The molecular weight excluding hydrogens is 208 g/mol. The van der Waals surface area contributed by atoms with E-state index in [1.54, 1.807) is 0 Å². The molecule has 1 aromatic carbocycles. The Labute approximate surface area is 91.1 Å². The molecule has 0 amide bonds. The van der Waals surface area contributed by atoms with Gasteiger partial charge in [-0.25, -0.2) is 0 Å². The Morgan fingerprint density at radius 3 is 2.38 bits per heavy atom. The van der Waals surface area contributed by atoms with E-state index in [4.69, 9.17) is 9.52 Å². The summed E-state index contributed by atoms with van der Waals surface area (Å²) in [5, 5.41) is 9.07. The first-order valence-corrected chi connectivity index (χ1v) is 4.59. The van der Waals surface area contributed by atoms with E-state index >= 15 is 0 Å². The fourth-order valence-electron chi connectivity index (χ4n) is 1.29. The molecule has 4 heteroatoms. The van der Waals surface area contributed by atoms with Crippen LogP contribution >= 0.6 is 0 Å². The van der Waals surface area contributed by atoms with E-state index in [0.717, 1.165) is 0 Å². The highest BCUT2D eigenvalue weighted by atomic mass is 16.4. The Morgan fingerprint density at radius 1 is 1.12 bits per heavy atom. The third-order valence-corrected chi connectivity index (χ3v) is 2.10. The molecule has 0 saturated carbocycles. The van der Waals surface area contributed by atoms with Crippen LogP contribution < -0.4 is 0 Å². The molecule has 2 aromatic rings. The van der Waals surface area contributed by atoms with Gasteiger partial charge in [-0.1, -0.05) is 0 Å². The van der Waals surface area contributed by atoms with Crippen molar-refractivity contribution < 1.29 is 19.1 Å². The van der Waals surface area contributed by atoms with Crippen molar-refractivity contribution in [2.45, 2.75) is 0 Å². The summed E-state index contributed by atoms with van der Waals surface area (Å²) in [6, 6.07) is 8.68. The van der Waals surface area contributed by atoms with Crippen molar-refractivity contribution in [2.75, 3.05) is 0 Å². The minimum atomic E-state index is -0.326. The molecule has 0 bridgehead atoms. The summed E-state index contributed by atoms with van der Waals surface area (Å²) in [7, 11) is 0. The van der Waals surface area contributed by atoms with Gasteiger partial charge in [-0.05, 0) is 36.4 Å². The van der Waals surface area contributed by atoms with Crippen LogP contribution in [0, 0.1) is 0 Å². The molecule has 1 heterocycles. The maximum atomic E-state index is 11.8. The minimum absolute atomic E-state index is 0.0876. The number of phenols is 1. The zero-order valence-electron chi connectivity index (χ0n) is 8.21. The topological polar surface area (TPSA) is 67.5 Å². The smallest absolute Gasteiger partial charge is 0.228 e. The lowest BCUT2D eigenvalue weighted by molar-refractivity contribution is 0.100. The average Bonchev–Trinajstić information content (AvgIpc) is 2.77. The number of hydrogen-bond donors (Lipinski definition) is 1. The summed E-state index contributed by atoms with van der Waals surface area (Å²) in [6.45, 7) is 0. The number of carbonyl (C=O) groups is 2. The second-order valence-corrected chi connectivity index (χ2v) is 3.20. The number of ketones is 1. The molecule has 0 saturated heterocycles. The van der Waals surface area contributed by atoms with Crippen molar-refractivity contribution in [1.82, 2.24) is 0 Å². The second kappa shape index (κ2) is 4.02. The van der Waals surface area contributed by atoms with Crippen LogP contribution in [0.15, 0.2) is 40.8 Å². The lowest BCUT2D eigenvalue weighted by Crippen LogP contribution is -1.98. The van der Waals surface area contributed by atoms with Crippen LogP contribution in [0.25, 0.3) is 0 Å². The van der Waals surface area contributed by atoms with Gasteiger partial charge in [0.15, 0.2) is 17.8 Å². The summed E-state index contributed by atoms with van der Waals surface area (Å²) in [6.07, 6.45) is 0.535. The monoisotopic (exact) mass is 216 g/mol. The normalized spacial score (nSPS) is 10.0. The number of hydrogen-bond acceptors (Lipinski definition) is 4. The molecule has 0 atom stereocenters. The molecule has 0 aliphatic heterocycles. The largest absolute Gasteiger partial charge is 0.508 e. The van der Waals surface area contributed by atoms with Crippen molar-refractivity contribution in [3.05, 3.63) is 53.5 Å². The van der Waals surface area contributed by atoms with Crippen molar-refractivity contribution in [1.29, 1.82) is 0 Å². The summed E-state index contributed by atoms with van der Waals surface area (Å²) in [5.41, 5.74) is 0.393. The predicted octanol–water partition coefficient (Wildman–Crippen LogP) is 2.03. The Balaban J connectivity index is 2.31. The van der Waals surface area contributed by atoms with Gasteiger partial charge < -0.3 is 9.52 Å². The van der Waals surface area contributed by atoms with Crippen LogP contribution in [0.5, 0.6) is 5.75 Å². The van der Waals surface area contributed by atoms with Crippen LogP contribution in [-0.4, -0.2) is 17.2 Å². The highest BCUT2D eigenvalue weighted by molar-refractivity contribution is 6.07. The minimum Gasteiger partial charge on any atom is -0.508 e. The molecule has 0 spiro atoms. The van der Waals surface area contributed by atoms with Crippen LogP contribution in [-0.2, 0) is 0 Å². The molecule has 0 aliphatic rings. The van der Waals surface area contributed by atoms with Crippen molar-refractivity contribution in [2.24, 2.45) is 0 Å². The van der Waals surface area contributed by atoms with Crippen LogP contribution in [0.1, 0.15) is 26.7 Å². The maximum Gasteiger partial charge on any atom is 0.228 e. The number of carbonyl (C=O) groups excluding carboxylic acids is 2. The van der Waals surface area contributed by atoms with Crippen LogP contribution in [0.2, 0.25) is 0 Å². The van der Waals surface area contributed by atoms with E-state index in [9.17, 15) is 9.59 Å². The van der Waals surface area contributed by atoms with Gasteiger partial charge in [-0.3, -0.25) is 9.59 Å². The first kappa shape index (κ1) is 10.2. The molecule has 1 aromatic heterocycles. The number of furan rings is 1. The second-order valence-electron chi connectivity index (χ2n) is 3.20. The van der Waals surface area contributed by atoms with E-state index in [-0.39, 0.29) is 23.1 Å². The van der Waals surface area contributed by atoms with E-state index in [2.05, 4.69) is 0 Å². The Bertz CT molecular complexity index is 522. The SMILES string of the molecule is O=Cc1ccc(C(=O)c2ccc(O)cc2)o1. The summed E-state index contributed by atoms with van der Waals surface area (Å²) in [5.74, 6) is -0.0207. The zero-order chi connectivity index (χ0) is 11.5. The predicted molar refractivity (Wildman–Crippen MR) is 55.6 cm³/mol. The molecular formula is C12H8O4. The molecule has 16 heavy (non-hydrogen) atoms. The molecule has 4 nitrogen and oxygen atoms in total. The number of aldehydes is 1. The van der Waals surface area contributed by atoms with Crippen molar-refractivity contribution in [3.63, 3.8) is 0 Å². The Kier molecular flexibility index (Phi) is 2.55. The summed E-state index contributed by atoms with van der Waals surface area (Å²) < 4.78 is 5.00. The van der Waals surface area contributed by atoms with Gasteiger partial charge in [0.1, 0.15) is 5.75 Å². The highest BCUT2D eigenvalue weighted by Gasteiger charge is 2.13. The van der Waals surface area contributed by atoms with E-state index in [1.807, 2.05) is 0 Å². The van der Waals surface area contributed by atoms with Crippen molar-refractivity contribution >= 4 is 12.1 Å². The molecule has 0 unspecified atom stereocenters. The fourth-order valence-corrected chi connectivity index (χ4v) is 1.29. The number of aromatic hydroxyl groups is 1. The van der Waals surface area contributed by atoms with E-state index < -0.39 is 0 Å². The zero-order valence-corrected chi connectivity index (χ0v) is 8.21. The van der Waals surface area contributed by atoms with Gasteiger partial charge in [0.25, 0.3) is 0 Å². The summed E-state index contributed by atoms with van der Waals surface area (Å²) >= 11 is 0. The van der Waals surface area contributed by atoms with Gasteiger partial charge in [0, 0.05) is 5.56 Å². The number of phenolic OH excluding ortho intramolecular Hbond substituents is 1. The lowest BCUT2D eigenvalue weighted by Gasteiger charge is -1.97. The average molecular weight is 216 g/mol. The number of rotatable bonds is 3. The first-order valence-electron chi connectivity index (χ1n) is 4.59. The molecule has 80 valence electrons. The Hall–Kier alpha value is -2.36. The van der Waals surface area contributed by atoms with Crippen LogP contribution in [0.4, 0.5) is 0 Å². The van der Waals surface area contributed by atoms with Gasteiger partial charge in [-0.2, -0.15) is 0 Å². The standard InChI is InChI=1S/C12H8O4/c13-7-10-5-6-11(16-10)12(15)8-1-3-9(14)4-2-8/h1-7,14H. The van der Waals surface area contributed by atoms with Crippen molar-refractivity contribution in [3.8, 4) is 5.75 Å². The first-order chi connectivity index (χ1) is 7.70. The van der Waals surface area contributed by atoms with Gasteiger partial charge in [0.05, 0.1) is 0 Å². The summed E-state index contributed by atoms with van der Waals surface area (Å²) in [4.78, 5) is 22.2. The Morgan fingerprint density at radius 2 is 1.81 bits per heavy atom. The molecule has 0 fully saturated rings. The number of benzene rings is 1. The van der Waals surface area contributed by atoms with Gasteiger partial charge >= 0.3 is 0 Å². The van der Waals surface area contributed by atoms with E-state index in [1.165, 1.54) is 36.4 Å². The maximum absolute atomic E-state index is 11.8. The fraction of sp³-hybridized carbons (Fsp3) is 0. The third-order valence-electron chi connectivity index (χ3n) is 2.10. The molecule has 2 rings (SSSR count).